The first-order valence-electron chi connectivity index (χ1n) is 7.66. The van der Waals surface area contributed by atoms with E-state index in [9.17, 15) is 0 Å². The van der Waals surface area contributed by atoms with Crippen molar-refractivity contribution in [2.45, 2.75) is 33.4 Å². The molecule has 1 unspecified atom stereocenters. The second-order valence-electron chi connectivity index (χ2n) is 5.59. The zero-order valence-corrected chi connectivity index (χ0v) is 14.4. The molecule has 0 spiro atoms. The molecule has 3 heterocycles. The highest BCUT2D eigenvalue weighted by Crippen LogP contribution is 2.21. The van der Waals surface area contributed by atoms with Crippen molar-refractivity contribution in [1.29, 1.82) is 0 Å². The normalized spacial score (nSPS) is 12.3. The summed E-state index contributed by atoms with van der Waals surface area (Å²) in [5.74, 6) is 0.745. The quantitative estimate of drug-likeness (QED) is 0.768. The first-order chi connectivity index (χ1) is 11.1. The Hall–Kier alpha value is -2.11. The molecular formula is C18H20N4S. The van der Waals surface area contributed by atoms with Crippen molar-refractivity contribution in [3.63, 3.8) is 0 Å². The van der Waals surface area contributed by atoms with Gasteiger partial charge in [0.2, 0.25) is 0 Å². The van der Waals surface area contributed by atoms with E-state index < -0.39 is 0 Å². The molecule has 1 N–H and O–H groups in total. The van der Waals surface area contributed by atoms with Gasteiger partial charge in [0.15, 0.2) is 5.82 Å². The van der Waals surface area contributed by atoms with Crippen LogP contribution >= 0.6 is 11.3 Å². The molecule has 0 aliphatic rings. The summed E-state index contributed by atoms with van der Waals surface area (Å²) in [6.45, 7) is 7.19. The van der Waals surface area contributed by atoms with Crippen LogP contribution in [0.25, 0.3) is 11.4 Å². The average molecular weight is 324 g/mol. The van der Waals surface area contributed by atoms with Gasteiger partial charge < -0.3 is 5.32 Å². The van der Waals surface area contributed by atoms with Crippen LogP contribution in [0.5, 0.6) is 0 Å². The molecule has 0 amide bonds. The molecule has 118 valence electrons. The van der Waals surface area contributed by atoms with Gasteiger partial charge in [-0.25, -0.2) is 9.97 Å². The van der Waals surface area contributed by atoms with Crippen LogP contribution in [0.3, 0.4) is 0 Å². The molecule has 4 nitrogen and oxygen atoms in total. The number of thiophene rings is 1. The predicted octanol–water partition coefficient (Wildman–Crippen LogP) is 4.07. The van der Waals surface area contributed by atoms with Gasteiger partial charge in [0.05, 0.1) is 0 Å². The fourth-order valence-electron chi connectivity index (χ4n) is 2.49. The van der Waals surface area contributed by atoms with Crippen molar-refractivity contribution >= 4 is 11.3 Å². The third kappa shape index (κ3) is 3.81. The van der Waals surface area contributed by atoms with Gasteiger partial charge in [-0.15, -0.1) is 11.3 Å². The monoisotopic (exact) mass is 324 g/mol. The van der Waals surface area contributed by atoms with E-state index in [1.165, 1.54) is 9.75 Å². The lowest BCUT2D eigenvalue weighted by Gasteiger charge is -2.16. The fourth-order valence-corrected chi connectivity index (χ4v) is 3.33. The molecule has 0 saturated heterocycles. The minimum Gasteiger partial charge on any atom is -0.305 e. The van der Waals surface area contributed by atoms with Gasteiger partial charge in [0.25, 0.3) is 0 Å². The Bertz CT molecular complexity index is 783. The molecule has 3 rings (SSSR count). The SMILES string of the molecule is Cc1ccc(CNC(C)c2cnc(-c3ccncc3)nc2C)s1. The van der Waals surface area contributed by atoms with Crippen LogP contribution in [0.4, 0.5) is 0 Å². The maximum absolute atomic E-state index is 4.65. The minimum absolute atomic E-state index is 0.212. The third-order valence-electron chi connectivity index (χ3n) is 3.80. The van der Waals surface area contributed by atoms with E-state index in [2.05, 4.69) is 46.2 Å². The molecule has 0 radical (unpaired) electrons. The maximum Gasteiger partial charge on any atom is 0.159 e. The van der Waals surface area contributed by atoms with Crippen LogP contribution in [0, 0.1) is 13.8 Å². The number of aromatic nitrogens is 3. The number of nitrogens with one attached hydrogen (secondary N) is 1. The number of rotatable bonds is 5. The zero-order chi connectivity index (χ0) is 16.2. The van der Waals surface area contributed by atoms with Crippen LogP contribution in [0.2, 0.25) is 0 Å². The van der Waals surface area contributed by atoms with Crippen LogP contribution in [0.1, 0.15) is 34.0 Å². The van der Waals surface area contributed by atoms with Crippen molar-refractivity contribution in [2.24, 2.45) is 0 Å². The van der Waals surface area contributed by atoms with Crippen molar-refractivity contribution in [3.8, 4) is 11.4 Å². The summed E-state index contributed by atoms with van der Waals surface area (Å²) in [5.41, 5.74) is 3.13. The molecule has 0 fully saturated rings. The minimum atomic E-state index is 0.212. The number of pyridine rings is 1. The molecule has 5 heteroatoms. The largest absolute Gasteiger partial charge is 0.305 e. The summed E-state index contributed by atoms with van der Waals surface area (Å²) in [4.78, 5) is 15.9. The third-order valence-corrected chi connectivity index (χ3v) is 4.80. The molecule has 0 bridgehead atoms. The van der Waals surface area contributed by atoms with Gasteiger partial charge in [-0.3, -0.25) is 4.98 Å². The first kappa shape index (κ1) is 15.8. The van der Waals surface area contributed by atoms with Crippen LogP contribution in [-0.2, 0) is 6.54 Å². The Balaban J connectivity index is 1.72. The second kappa shape index (κ2) is 6.98. The lowest BCUT2D eigenvalue weighted by molar-refractivity contribution is 0.572. The van der Waals surface area contributed by atoms with E-state index in [0.29, 0.717) is 0 Å². The van der Waals surface area contributed by atoms with E-state index in [4.69, 9.17) is 0 Å². The van der Waals surface area contributed by atoms with Gasteiger partial charge >= 0.3 is 0 Å². The smallest absolute Gasteiger partial charge is 0.159 e. The Morgan fingerprint density at radius 1 is 1.13 bits per heavy atom. The van der Waals surface area contributed by atoms with E-state index in [-0.39, 0.29) is 6.04 Å². The van der Waals surface area contributed by atoms with Crippen molar-refractivity contribution in [2.75, 3.05) is 0 Å². The Labute approximate surface area is 140 Å². The topological polar surface area (TPSA) is 50.7 Å². The average Bonchev–Trinajstić information content (AvgIpc) is 2.99. The number of aryl methyl sites for hydroxylation is 2. The van der Waals surface area contributed by atoms with Gasteiger partial charge in [-0.2, -0.15) is 0 Å². The Kier molecular flexibility index (Phi) is 4.79. The first-order valence-corrected chi connectivity index (χ1v) is 8.48. The summed E-state index contributed by atoms with van der Waals surface area (Å²) in [6.07, 6.45) is 5.44. The van der Waals surface area contributed by atoms with Gasteiger partial charge in [0, 0.05) is 57.8 Å². The summed E-state index contributed by atoms with van der Waals surface area (Å²) in [6, 6.07) is 8.40. The van der Waals surface area contributed by atoms with E-state index in [1.807, 2.05) is 36.6 Å². The molecule has 0 aliphatic carbocycles. The molecule has 1 atom stereocenters. The summed E-state index contributed by atoms with van der Waals surface area (Å²) >= 11 is 1.83. The molecule has 0 saturated carbocycles. The zero-order valence-electron chi connectivity index (χ0n) is 13.6. The molecule has 0 aliphatic heterocycles. The van der Waals surface area contributed by atoms with Crippen LogP contribution in [0.15, 0.2) is 42.9 Å². The molecule has 0 aromatic carbocycles. The fraction of sp³-hybridized carbons (Fsp3) is 0.278. The molecule has 3 aromatic rings. The lowest BCUT2D eigenvalue weighted by atomic mass is 10.1. The lowest BCUT2D eigenvalue weighted by Crippen LogP contribution is -2.19. The summed E-state index contributed by atoms with van der Waals surface area (Å²) in [7, 11) is 0. The highest BCUT2D eigenvalue weighted by Gasteiger charge is 2.12. The number of hydrogen-bond donors (Lipinski definition) is 1. The maximum atomic E-state index is 4.65. The van der Waals surface area contributed by atoms with Gasteiger partial charge in [0.1, 0.15) is 0 Å². The highest BCUT2D eigenvalue weighted by atomic mass is 32.1. The van der Waals surface area contributed by atoms with Crippen molar-refractivity contribution < 1.29 is 0 Å². The van der Waals surface area contributed by atoms with E-state index in [1.54, 1.807) is 12.4 Å². The highest BCUT2D eigenvalue weighted by molar-refractivity contribution is 7.11. The molecule has 23 heavy (non-hydrogen) atoms. The van der Waals surface area contributed by atoms with Gasteiger partial charge in [-0.05, 0) is 45.0 Å². The van der Waals surface area contributed by atoms with Crippen LogP contribution < -0.4 is 5.32 Å². The van der Waals surface area contributed by atoms with Gasteiger partial charge in [-0.1, -0.05) is 0 Å². The summed E-state index contributed by atoms with van der Waals surface area (Å²) in [5, 5.41) is 3.55. The Morgan fingerprint density at radius 3 is 2.57 bits per heavy atom. The number of hydrogen-bond acceptors (Lipinski definition) is 5. The predicted molar refractivity (Wildman–Crippen MR) is 94.3 cm³/mol. The van der Waals surface area contributed by atoms with Crippen molar-refractivity contribution in [3.05, 3.63) is 63.9 Å². The number of nitrogens with zero attached hydrogens (tertiary/aromatic N) is 3. The second-order valence-corrected chi connectivity index (χ2v) is 6.96. The standard InChI is InChI=1S/C18H20N4S/c1-12-4-5-16(23-12)10-20-13(2)17-11-21-18(22-14(17)3)15-6-8-19-9-7-15/h4-9,11,13,20H,10H2,1-3H3. The van der Waals surface area contributed by atoms with E-state index >= 15 is 0 Å². The molecule has 3 aromatic heterocycles. The van der Waals surface area contributed by atoms with Crippen LogP contribution in [-0.4, -0.2) is 15.0 Å². The summed E-state index contributed by atoms with van der Waals surface area (Å²) < 4.78 is 0. The van der Waals surface area contributed by atoms with E-state index in [0.717, 1.165) is 29.2 Å². The molecular weight excluding hydrogens is 304 g/mol. The Morgan fingerprint density at radius 2 is 1.91 bits per heavy atom. The van der Waals surface area contributed by atoms with Crippen molar-refractivity contribution in [1.82, 2.24) is 20.3 Å².